The third-order valence-electron chi connectivity index (χ3n) is 3.16. The molecule has 1 heterocycles. The molecule has 1 aliphatic rings. The monoisotopic (exact) mass is 346 g/mol. The minimum Gasteiger partial charge on any atom is -0.297 e. The summed E-state index contributed by atoms with van der Waals surface area (Å²) in [5.74, 6) is -2.13. The van der Waals surface area contributed by atoms with Crippen molar-refractivity contribution in [3.05, 3.63) is 28.2 Å². The van der Waals surface area contributed by atoms with Crippen LogP contribution in [0.1, 0.15) is 13.8 Å². The molecule has 21 heavy (non-hydrogen) atoms. The molecule has 0 saturated carbocycles. The molecule has 1 aromatic carbocycles. The number of carbonyl (C=O) groups excluding carboxylic acids is 2. The van der Waals surface area contributed by atoms with E-state index in [4.69, 9.17) is 34.8 Å². The van der Waals surface area contributed by atoms with Crippen LogP contribution in [0.2, 0.25) is 10.0 Å². The number of anilines is 1. The number of Topliss-reactive ketones (excluding diaryl/α,β-unsaturated/α-hetero) is 1. The Kier molecular flexibility index (Phi) is 4.91. The van der Waals surface area contributed by atoms with Crippen LogP contribution in [0.25, 0.3) is 0 Å². The second kappa shape index (κ2) is 6.34. The Hall–Kier alpha value is -1.10. The molecule has 0 N–H and O–H groups in total. The van der Waals surface area contributed by atoms with Gasteiger partial charge in [0, 0.05) is 0 Å². The minimum absolute atomic E-state index is 0.0719. The van der Waals surface area contributed by atoms with Crippen molar-refractivity contribution >= 4 is 57.9 Å². The van der Waals surface area contributed by atoms with Gasteiger partial charge in [0.2, 0.25) is 0 Å². The molecule has 0 aromatic heterocycles. The largest absolute Gasteiger partial charge is 0.297 e. The van der Waals surface area contributed by atoms with Gasteiger partial charge in [-0.05, 0) is 18.1 Å². The Morgan fingerprint density at radius 2 is 1.90 bits per heavy atom. The molecule has 112 valence electrons. The summed E-state index contributed by atoms with van der Waals surface area (Å²) < 4.78 is 0. The van der Waals surface area contributed by atoms with Gasteiger partial charge in [-0.2, -0.15) is 10.1 Å². The lowest BCUT2D eigenvalue weighted by atomic mass is 9.91. The summed E-state index contributed by atoms with van der Waals surface area (Å²) in [6.45, 7) is 3.72. The van der Waals surface area contributed by atoms with Crippen molar-refractivity contribution in [3.8, 4) is 0 Å². The van der Waals surface area contributed by atoms with Gasteiger partial charge in [-0.15, -0.1) is 11.6 Å². The molecule has 0 saturated heterocycles. The third-order valence-corrected chi connectivity index (χ3v) is 4.03. The summed E-state index contributed by atoms with van der Waals surface area (Å²) >= 11 is 17.8. The SMILES string of the molecule is CC(C)C1=NN(c2c(Cl)cccc2Cl)C(=O)[C@@H]1C(=O)CCl. The summed E-state index contributed by atoms with van der Waals surface area (Å²) in [6.07, 6.45) is 0. The number of alkyl halides is 1. The number of hydrazone groups is 1. The van der Waals surface area contributed by atoms with E-state index in [1.54, 1.807) is 18.2 Å². The highest BCUT2D eigenvalue weighted by Crippen LogP contribution is 2.37. The molecular weight excluding hydrogens is 335 g/mol. The Balaban J connectivity index is 2.52. The zero-order valence-electron chi connectivity index (χ0n) is 11.4. The van der Waals surface area contributed by atoms with Gasteiger partial charge in [-0.3, -0.25) is 9.59 Å². The van der Waals surface area contributed by atoms with Crippen LogP contribution in [0, 0.1) is 11.8 Å². The number of nitrogens with zero attached hydrogens (tertiary/aromatic N) is 2. The first-order valence-corrected chi connectivity index (χ1v) is 7.62. The predicted octanol–water partition coefficient (Wildman–Crippen LogP) is 3.78. The Morgan fingerprint density at radius 3 is 2.38 bits per heavy atom. The van der Waals surface area contributed by atoms with Crippen LogP contribution in [-0.4, -0.2) is 23.3 Å². The van der Waals surface area contributed by atoms with Crippen molar-refractivity contribution in [1.29, 1.82) is 0 Å². The number of rotatable bonds is 4. The predicted molar refractivity (Wildman–Crippen MR) is 85.4 cm³/mol. The van der Waals surface area contributed by atoms with Crippen molar-refractivity contribution in [3.63, 3.8) is 0 Å². The van der Waals surface area contributed by atoms with Crippen LogP contribution in [0.3, 0.4) is 0 Å². The standard InChI is InChI=1S/C14H13Cl3N2O2/c1-7(2)12-11(10(20)6-15)14(21)19(18-12)13-8(16)4-3-5-9(13)17/h3-5,7,11H,6H2,1-2H3/t11-/m1/s1. The van der Waals surface area contributed by atoms with Crippen LogP contribution >= 0.6 is 34.8 Å². The maximum Gasteiger partial charge on any atom is 0.263 e. The van der Waals surface area contributed by atoms with Gasteiger partial charge in [-0.1, -0.05) is 43.1 Å². The molecule has 1 atom stereocenters. The Morgan fingerprint density at radius 1 is 1.33 bits per heavy atom. The minimum atomic E-state index is -0.963. The summed E-state index contributed by atoms with van der Waals surface area (Å²) in [5.41, 5.74) is 0.760. The van der Waals surface area contributed by atoms with Crippen molar-refractivity contribution in [2.24, 2.45) is 16.9 Å². The van der Waals surface area contributed by atoms with E-state index in [1.807, 2.05) is 13.8 Å². The summed E-state index contributed by atoms with van der Waals surface area (Å²) in [6, 6.07) is 4.89. The maximum atomic E-state index is 12.5. The van der Waals surface area contributed by atoms with E-state index in [-0.39, 0.29) is 23.3 Å². The summed E-state index contributed by atoms with van der Waals surface area (Å²) in [7, 11) is 0. The van der Waals surface area contributed by atoms with Gasteiger partial charge in [0.05, 0.1) is 21.6 Å². The van der Waals surface area contributed by atoms with Crippen LogP contribution in [-0.2, 0) is 9.59 Å². The average molecular weight is 348 g/mol. The van der Waals surface area contributed by atoms with Crippen molar-refractivity contribution in [1.82, 2.24) is 0 Å². The average Bonchev–Trinajstić information content (AvgIpc) is 2.76. The van der Waals surface area contributed by atoms with Crippen LogP contribution in [0.15, 0.2) is 23.3 Å². The second-order valence-electron chi connectivity index (χ2n) is 4.93. The highest BCUT2D eigenvalue weighted by Gasteiger charge is 2.43. The molecule has 0 bridgehead atoms. The number of halogens is 3. The van der Waals surface area contributed by atoms with E-state index in [2.05, 4.69) is 5.10 Å². The highest BCUT2D eigenvalue weighted by atomic mass is 35.5. The van der Waals surface area contributed by atoms with E-state index in [0.29, 0.717) is 15.8 Å². The fourth-order valence-corrected chi connectivity index (χ4v) is 2.86. The van der Waals surface area contributed by atoms with Crippen molar-refractivity contribution < 1.29 is 9.59 Å². The molecule has 0 fully saturated rings. The maximum absolute atomic E-state index is 12.5. The molecular formula is C14H13Cl3N2O2. The van der Waals surface area contributed by atoms with Crippen LogP contribution < -0.4 is 5.01 Å². The number of hydrogen-bond donors (Lipinski definition) is 0. The highest BCUT2D eigenvalue weighted by molar-refractivity contribution is 6.42. The van der Waals surface area contributed by atoms with E-state index in [1.165, 1.54) is 0 Å². The van der Waals surface area contributed by atoms with E-state index < -0.39 is 11.8 Å². The first-order chi connectivity index (χ1) is 9.88. The van der Waals surface area contributed by atoms with Gasteiger partial charge in [-0.25, -0.2) is 0 Å². The van der Waals surface area contributed by atoms with Crippen LogP contribution in [0.5, 0.6) is 0 Å². The lowest BCUT2D eigenvalue weighted by molar-refractivity contribution is -0.127. The second-order valence-corrected chi connectivity index (χ2v) is 6.01. The van der Waals surface area contributed by atoms with E-state index in [0.717, 1.165) is 5.01 Å². The van der Waals surface area contributed by atoms with Gasteiger partial charge in [0.1, 0.15) is 11.6 Å². The normalized spacial score (nSPS) is 18.4. The fourth-order valence-electron chi connectivity index (χ4n) is 2.15. The lowest BCUT2D eigenvalue weighted by Gasteiger charge is -2.16. The fraction of sp³-hybridized carbons (Fsp3) is 0.357. The molecule has 1 aromatic rings. The number of amides is 1. The zero-order valence-corrected chi connectivity index (χ0v) is 13.7. The summed E-state index contributed by atoms with van der Waals surface area (Å²) in [5, 5.41) is 5.96. The first kappa shape index (κ1) is 16.3. The van der Waals surface area contributed by atoms with Gasteiger partial charge in [0.25, 0.3) is 5.91 Å². The Labute approximate surface area is 137 Å². The van der Waals surface area contributed by atoms with Gasteiger partial charge in [0.15, 0.2) is 5.78 Å². The van der Waals surface area contributed by atoms with E-state index in [9.17, 15) is 9.59 Å². The molecule has 0 spiro atoms. The molecule has 0 radical (unpaired) electrons. The van der Waals surface area contributed by atoms with Crippen LogP contribution in [0.4, 0.5) is 5.69 Å². The number of para-hydroxylation sites is 1. The molecule has 1 amide bonds. The molecule has 4 nitrogen and oxygen atoms in total. The molecule has 1 aliphatic heterocycles. The quantitative estimate of drug-likeness (QED) is 0.615. The summed E-state index contributed by atoms with van der Waals surface area (Å²) in [4.78, 5) is 24.5. The smallest absolute Gasteiger partial charge is 0.263 e. The number of carbonyl (C=O) groups is 2. The number of hydrogen-bond acceptors (Lipinski definition) is 3. The first-order valence-electron chi connectivity index (χ1n) is 6.33. The van der Waals surface area contributed by atoms with E-state index >= 15 is 0 Å². The van der Waals surface area contributed by atoms with Crippen molar-refractivity contribution in [2.45, 2.75) is 13.8 Å². The molecule has 2 rings (SSSR count). The van der Waals surface area contributed by atoms with Crippen molar-refractivity contribution in [2.75, 3.05) is 10.9 Å². The zero-order chi connectivity index (χ0) is 15.7. The number of ketones is 1. The number of benzene rings is 1. The third kappa shape index (κ3) is 2.93. The topological polar surface area (TPSA) is 49.7 Å². The molecule has 0 unspecified atom stereocenters. The lowest BCUT2D eigenvalue weighted by Crippen LogP contribution is -2.35. The molecule has 7 heteroatoms. The molecule has 0 aliphatic carbocycles. The van der Waals surface area contributed by atoms with Gasteiger partial charge >= 0.3 is 0 Å². The Bertz CT molecular complexity index is 608. The van der Waals surface area contributed by atoms with Gasteiger partial charge < -0.3 is 0 Å².